The van der Waals surface area contributed by atoms with E-state index in [4.69, 9.17) is 0 Å². The van der Waals surface area contributed by atoms with E-state index in [1.165, 1.54) is 12.1 Å². The molecule has 0 unspecified atom stereocenters. The summed E-state index contributed by atoms with van der Waals surface area (Å²) in [5.41, 5.74) is 0.0740. The van der Waals surface area contributed by atoms with E-state index in [1.54, 1.807) is 13.0 Å². The first-order valence-corrected chi connectivity index (χ1v) is 7.12. The van der Waals surface area contributed by atoms with Crippen LogP contribution in [0.1, 0.15) is 32.3 Å². The number of hydrogen-bond donors (Lipinski definition) is 3. The van der Waals surface area contributed by atoms with Gasteiger partial charge in [-0.3, -0.25) is 0 Å². The lowest BCUT2D eigenvalue weighted by Crippen LogP contribution is -2.52. The highest BCUT2D eigenvalue weighted by atomic mass is 19.3. The van der Waals surface area contributed by atoms with E-state index in [0.29, 0.717) is 24.1 Å². The van der Waals surface area contributed by atoms with E-state index >= 15 is 0 Å². The molecular formula is C15H22F2N2O3. The van der Waals surface area contributed by atoms with Crippen LogP contribution < -0.4 is 15.4 Å². The number of aliphatic hydroxyl groups is 1. The van der Waals surface area contributed by atoms with Gasteiger partial charge in [0.05, 0.1) is 12.1 Å². The highest BCUT2D eigenvalue weighted by Gasteiger charge is 2.27. The Morgan fingerprint density at radius 3 is 2.50 bits per heavy atom. The Kier molecular flexibility index (Phi) is 6.55. The molecule has 0 spiro atoms. The van der Waals surface area contributed by atoms with Gasteiger partial charge in [0.2, 0.25) is 0 Å². The minimum absolute atomic E-state index is 0.00667. The van der Waals surface area contributed by atoms with E-state index in [2.05, 4.69) is 15.4 Å². The van der Waals surface area contributed by atoms with Crippen LogP contribution in [0.5, 0.6) is 5.75 Å². The Labute approximate surface area is 128 Å². The van der Waals surface area contributed by atoms with Crippen LogP contribution in [0, 0.1) is 6.92 Å². The molecule has 0 aliphatic rings. The van der Waals surface area contributed by atoms with Crippen LogP contribution in [-0.2, 0) is 0 Å². The maximum atomic E-state index is 12.3. The van der Waals surface area contributed by atoms with Crippen LogP contribution in [0.2, 0.25) is 0 Å². The molecule has 5 nitrogen and oxygen atoms in total. The van der Waals surface area contributed by atoms with Crippen molar-refractivity contribution >= 4 is 11.7 Å². The fraction of sp³-hybridized carbons (Fsp3) is 0.533. The molecule has 0 heterocycles. The number of rotatable bonds is 7. The summed E-state index contributed by atoms with van der Waals surface area (Å²) in [5.74, 6) is 0.00667. The third-order valence-corrected chi connectivity index (χ3v) is 3.78. The van der Waals surface area contributed by atoms with Gasteiger partial charge in [0.1, 0.15) is 5.75 Å². The van der Waals surface area contributed by atoms with Crippen molar-refractivity contribution in [1.29, 1.82) is 0 Å². The van der Waals surface area contributed by atoms with Crippen molar-refractivity contribution < 1.29 is 23.4 Å². The normalized spacial score (nSPS) is 11.4. The van der Waals surface area contributed by atoms with E-state index in [-0.39, 0.29) is 12.4 Å². The number of nitrogens with one attached hydrogen (secondary N) is 2. The van der Waals surface area contributed by atoms with Crippen LogP contribution in [0.25, 0.3) is 0 Å². The minimum Gasteiger partial charge on any atom is -0.434 e. The van der Waals surface area contributed by atoms with E-state index in [9.17, 15) is 18.7 Å². The van der Waals surface area contributed by atoms with Crippen LogP contribution in [0.15, 0.2) is 18.2 Å². The SMILES string of the molecule is CCC(CC)(CO)NC(=O)Nc1cccc(OC(F)F)c1C. The second-order valence-electron chi connectivity index (χ2n) is 5.03. The molecular weight excluding hydrogens is 294 g/mol. The largest absolute Gasteiger partial charge is 0.434 e. The standard InChI is InChI=1S/C15H22F2N2O3/c1-4-15(5-2,9-20)19-14(21)18-11-7-6-8-12(10(11)3)22-13(16)17/h6-8,13,20H,4-5,9H2,1-3H3,(H2,18,19,21). The van der Waals surface area contributed by atoms with Crippen molar-refractivity contribution in [1.82, 2.24) is 5.32 Å². The molecule has 1 aromatic rings. The zero-order valence-corrected chi connectivity index (χ0v) is 13.0. The van der Waals surface area contributed by atoms with Gasteiger partial charge >= 0.3 is 12.6 Å². The van der Waals surface area contributed by atoms with Gasteiger partial charge in [-0.05, 0) is 31.9 Å². The molecule has 0 aliphatic carbocycles. The summed E-state index contributed by atoms with van der Waals surface area (Å²) in [6.07, 6.45) is 1.14. The summed E-state index contributed by atoms with van der Waals surface area (Å²) in [7, 11) is 0. The Hall–Kier alpha value is -1.89. The number of anilines is 1. The van der Waals surface area contributed by atoms with Gasteiger partial charge in [-0.25, -0.2) is 4.79 Å². The summed E-state index contributed by atoms with van der Waals surface area (Å²) in [6.45, 7) is 2.20. The molecule has 0 aromatic heterocycles. The fourth-order valence-corrected chi connectivity index (χ4v) is 2.06. The summed E-state index contributed by atoms with van der Waals surface area (Å²) in [6, 6.07) is 4.00. The lowest BCUT2D eigenvalue weighted by molar-refractivity contribution is -0.0502. The maximum absolute atomic E-state index is 12.3. The van der Waals surface area contributed by atoms with E-state index in [0.717, 1.165) is 0 Å². The predicted molar refractivity (Wildman–Crippen MR) is 80.4 cm³/mol. The Bertz CT molecular complexity index is 497. The Morgan fingerprint density at radius 2 is 2.00 bits per heavy atom. The first kappa shape index (κ1) is 18.2. The van der Waals surface area contributed by atoms with Crippen molar-refractivity contribution in [3.63, 3.8) is 0 Å². The number of carbonyl (C=O) groups is 1. The topological polar surface area (TPSA) is 70.6 Å². The van der Waals surface area contributed by atoms with Crippen molar-refractivity contribution in [2.45, 2.75) is 45.8 Å². The summed E-state index contributed by atoms with van der Waals surface area (Å²) < 4.78 is 29.0. The number of amides is 2. The van der Waals surface area contributed by atoms with Gasteiger partial charge in [-0.1, -0.05) is 19.9 Å². The second-order valence-corrected chi connectivity index (χ2v) is 5.03. The number of alkyl halides is 2. The number of benzene rings is 1. The first-order chi connectivity index (χ1) is 10.4. The lowest BCUT2D eigenvalue weighted by atomic mass is 9.94. The van der Waals surface area contributed by atoms with Gasteiger partial charge in [0.25, 0.3) is 0 Å². The Morgan fingerprint density at radius 1 is 1.36 bits per heavy atom. The number of ether oxygens (including phenoxy) is 1. The molecule has 7 heteroatoms. The number of halogens is 2. The molecule has 3 N–H and O–H groups in total. The van der Waals surface area contributed by atoms with Crippen LogP contribution in [0.3, 0.4) is 0 Å². The van der Waals surface area contributed by atoms with Crippen LogP contribution in [0.4, 0.5) is 19.3 Å². The number of carbonyl (C=O) groups excluding carboxylic acids is 1. The smallest absolute Gasteiger partial charge is 0.387 e. The molecule has 0 radical (unpaired) electrons. The monoisotopic (exact) mass is 316 g/mol. The van der Waals surface area contributed by atoms with Crippen molar-refractivity contribution in [3.8, 4) is 5.75 Å². The molecule has 0 atom stereocenters. The third-order valence-electron chi connectivity index (χ3n) is 3.78. The van der Waals surface area contributed by atoms with E-state index in [1.807, 2.05) is 13.8 Å². The molecule has 0 bridgehead atoms. The van der Waals surface area contributed by atoms with Gasteiger partial charge in [0.15, 0.2) is 0 Å². The van der Waals surface area contributed by atoms with Gasteiger partial charge in [-0.15, -0.1) is 0 Å². The Balaban J connectivity index is 2.84. The second kappa shape index (κ2) is 7.93. The molecule has 0 saturated carbocycles. The molecule has 22 heavy (non-hydrogen) atoms. The molecule has 2 amide bonds. The molecule has 1 rings (SSSR count). The average Bonchev–Trinajstić information content (AvgIpc) is 2.48. The van der Waals surface area contributed by atoms with Crippen molar-refractivity contribution in [2.24, 2.45) is 0 Å². The average molecular weight is 316 g/mol. The third kappa shape index (κ3) is 4.56. The number of aliphatic hydroxyl groups excluding tert-OH is 1. The zero-order chi connectivity index (χ0) is 16.8. The molecule has 0 fully saturated rings. The maximum Gasteiger partial charge on any atom is 0.387 e. The van der Waals surface area contributed by atoms with Crippen LogP contribution in [-0.4, -0.2) is 29.9 Å². The van der Waals surface area contributed by atoms with Gasteiger partial charge in [-0.2, -0.15) is 8.78 Å². The van der Waals surface area contributed by atoms with E-state index < -0.39 is 18.2 Å². The number of hydrogen-bond acceptors (Lipinski definition) is 3. The summed E-state index contributed by atoms with van der Waals surface area (Å²) in [4.78, 5) is 12.1. The molecule has 1 aromatic carbocycles. The van der Waals surface area contributed by atoms with Crippen molar-refractivity contribution in [3.05, 3.63) is 23.8 Å². The fourth-order valence-electron chi connectivity index (χ4n) is 2.06. The molecule has 124 valence electrons. The molecule has 0 aliphatic heterocycles. The predicted octanol–water partition coefficient (Wildman–Crippen LogP) is 3.27. The first-order valence-electron chi connectivity index (χ1n) is 7.12. The molecule has 0 saturated heterocycles. The van der Waals surface area contributed by atoms with Gasteiger partial charge < -0.3 is 20.5 Å². The summed E-state index contributed by atoms with van der Waals surface area (Å²) in [5, 5.41) is 14.8. The highest BCUT2D eigenvalue weighted by molar-refractivity contribution is 5.91. The van der Waals surface area contributed by atoms with Crippen molar-refractivity contribution in [2.75, 3.05) is 11.9 Å². The summed E-state index contributed by atoms with van der Waals surface area (Å²) >= 11 is 0. The van der Waals surface area contributed by atoms with Crippen LogP contribution >= 0.6 is 0 Å². The lowest BCUT2D eigenvalue weighted by Gasteiger charge is -2.30. The zero-order valence-electron chi connectivity index (χ0n) is 13.0. The minimum atomic E-state index is -2.93. The van der Waals surface area contributed by atoms with Gasteiger partial charge in [0, 0.05) is 11.3 Å². The number of urea groups is 1. The quantitative estimate of drug-likeness (QED) is 0.723. The highest BCUT2D eigenvalue weighted by Crippen LogP contribution is 2.27.